The molecule has 1 aromatic rings. The first-order valence-corrected chi connectivity index (χ1v) is 19.7. The lowest BCUT2D eigenvalue weighted by Gasteiger charge is -2.38. The molecular formula is C31H52N2O8SSi. The van der Waals surface area contributed by atoms with E-state index in [9.17, 15) is 13.2 Å². The number of hydrazine groups is 1. The highest BCUT2D eigenvalue weighted by molar-refractivity contribution is 7.92. The average Bonchev–Trinajstić information content (AvgIpc) is 3.21. The highest BCUT2D eigenvalue weighted by atomic mass is 32.2. The summed E-state index contributed by atoms with van der Waals surface area (Å²) in [4.78, 5) is 14.3. The topological polar surface area (TPSA) is 113 Å². The Hall–Kier alpha value is -2.62. The van der Waals surface area contributed by atoms with Crippen LogP contribution in [0.3, 0.4) is 0 Å². The van der Waals surface area contributed by atoms with Crippen LogP contribution in [0.15, 0.2) is 0 Å². The molecule has 2 unspecified atom stereocenters. The molecule has 1 fully saturated rings. The van der Waals surface area contributed by atoms with Crippen molar-refractivity contribution in [2.45, 2.75) is 103 Å². The number of carbonyl (C=O) groups is 1. The number of nitrogens with one attached hydrogen (secondary N) is 1. The highest BCUT2D eigenvalue weighted by Crippen LogP contribution is 2.55. The van der Waals surface area contributed by atoms with Gasteiger partial charge in [-0.05, 0) is 43.8 Å². The molecular weight excluding hydrogens is 589 g/mol. The fraction of sp³-hybridized carbons (Fsp3) is 0.710. The predicted octanol–water partition coefficient (Wildman–Crippen LogP) is 5.74. The van der Waals surface area contributed by atoms with Crippen LogP contribution in [0, 0.1) is 12.3 Å². The molecule has 0 bridgehead atoms. The van der Waals surface area contributed by atoms with E-state index in [2.05, 4.69) is 45.2 Å². The Balaban J connectivity index is 2.87. The summed E-state index contributed by atoms with van der Waals surface area (Å²) >= 11 is 0. The summed E-state index contributed by atoms with van der Waals surface area (Å²) in [6, 6.07) is 0. The number of carbonyl (C=O) groups excluding carboxylic acids is 1. The van der Waals surface area contributed by atoms with Gasteiger partial charge in [0.25, 0.3) is 8.32 Å². The summed E-state index contributed by atoms with van der Waals surface area (Å²) in [7, 11) is -1.50. The minimum atomic E-state index is -3.43. The fourth-order valence-electron chi connectivity index (χ4n) is 4.78. The van der Waals surface area contributed by atoms with Crippen molar-refractivity contribution < 1.29 is 36.6 Å². The summed E-state index contributed by atoms with van der Waals surface area (Å²) in [5.74, 6) is 2.73. The predicted molar refractivity (Wildman–Crippen MR) is 174 cm³/mol. The quantitative estimate of drug-likeness (QED) is 0.153. The summed E-state index contributed by atoms with van der Waals surface area (Å²) in [5.41, 5.74) is 3.78. The van der Waals surface area contributed by atoms with Crippen molar-refractivity contribution in [2.75, 3.05) is 45.2 Å². The van der Waals surface area contributed by atoms with Gasteiger partial charge in [0.1, 0.15) is 17.4 Å². The Kier molecular flexibility index (Phi) is 13.1. The van der Waals surface area contributed by atoms with Crippen molar-refractivity contribution in [3.63, 3.8) is 0 Å². The molecule has 12 heteroatoms. The first-order chi connectivity index (χ1) is 20.1. The Morgan fingerprint density at radius 2 is 1.70 bits per heavy atom. The molecule has 1 N–H and O–H groups in total. The zero-order valence-electron chi connectivity index (χ0n) is 27.7. The maximum atomic E-state index is 14.3. The lowest BCUT2D eigenvalue weighted by molar-refractivity contribution is 0.0269. The Bertz CT molecular complexity index is 1250. The second-order valence-corrected chi connectivity index (χ2v) is 19.5. The number of terminal acetylenes is 1. The summed E-state index contributed by atoms with van der Waals surface area (Å²) in [6.45, 7) is 15.0. The van der Waals surface area contributed by atoms with Gasteiger partial charge in [-0.25, -0.2) is 18.6 Å². The molecule has 43 heavy (non-hydrogen) atoms. The molecule has 1 aliphatic rings. The van der Waals surface area contributed by atoms with Crippen LogP contribution in [0.25, 0.3) is 0 Å². The van der Waals surface area contributed by atoms with Gasteiger partial charge in [-0.1, -0.05) is 41.0 Å². The van der Waals surface area contributed by atoms with Crippen LogP contribution in [0.2, 0.25) is 18.1 Å². The lowest BCUT2D eigenvalue weighted by atomic mass is 10.1. The zero-order valence-corrected chi connectivity index (χ0v) is 29.5. The number of rotatable bonds is 14. The Morgan fingerprint density at radius 1 is 1.09 bits per heavy atom. The molecule has 0 spiro atoms. The van der Waals surface area contributed by atoms with E-state index in [1.807, 2.05) is 13.8 Å². The van der Waals surface area contributed by atoms with Crippen LogP contribution in [0.5, 0.6) is 23.0 Å². The second-order valence-electron chi connectivity index (χ2n) is 12.3. The lowest BCUT2D eigenvalue weighted by Crippen LogP contribution is -2.45. The van der Waals surface area contributed by atoms with Crippen molar-refractivity contribution in [1.29, 1.82) is 0 Å². The van der Waals surface area contributed by atoms with Crippen LogP contribution in [0.4, 0.5) is 5.69 Å². The maximum absolute atomic E-state index is 14.3. The van der Waals surface area contributed by atoms with E-state index in [1.165, 1.54) is 21.3 Å². The molecule has 0 aliphatic carbocycles. The van der Waals surface area contributed by atoms with E-state index >= 15 is 0 Å². The summed E-state index contributed by atoms with van der Waals surface area (Å²) in [6.07, 6.45) is 8.38. The molecule has 1 aromatic carbocycles. The third kappa shape index (κ3) is 8.52. The molecule has 1 heterocycles. The van der Waals surface area contributed by atoms with Crippen LogP contribution in [0.1, 0.15) is 83.5 Å². The van der Waals surface area contributed by atoms with Gasteiger partial charge >= 0.3 is 5.97 Å². The second kappa shape index (κ2) is 15.4. The minimum absolute atomic E-state index is 0.0760. The van der Waals surface area contributed by atoms with Crippen molar-refractivity contribution in [3.05, 3.63) is 5.56 Å². The molecule has 10 nitrogen and oxygen atoms in total. The molecule has 244 valence electrons. The number of esters is 1. The van der Waals surface area contributed by atoms with Gasteiger partial charge in [0.05, 0.1) is 32.3 Å². The van der Waals surface area contributed by atoms with Gasteiger partial charge in [0.15, 0.2) is 21.3 Å². The normalized spacial score (nSPS) is 17.0. The van der Waals surface area contributed by atoms with Gasteiger partial charge in [0.2, 0.25) is 11.5 Å². The van der Waals surface area contributed by atoms with Crippen LogP contribution in [-0.4, -0.2) is 74.2 Å². The minimum Gasteiger partial charge on any atom is -0.540 e. The number of hydrogen-bond acceptors (Lipinski definition) is 10. The van der Waals surface area contributed by atoms with Gasteiger partial charge in [-0.2, -0.15) is 0 Å². The van der Waals surface area contributed by atoms with E-state index in [0.717, 1.165) is 6.42 Å². The van der Waals surface area contributed by atoms with Crippen LogP contribution < -0.4 is 29.1 Å². The largest absolute Gasteiger partial charge is 0.540 e. The molecule has 0 amide bonds. The molecule has 1 aliphatic heterocycles. The third-order valence-electron chi connectivity index (χ3n) is 8.34. The third-order valence-corrected chi connectivity index (χ3v) is 14.9. The first kappa shape index (κ1) is 36.6. The van der Waals surface area contributed by atoms with Crippen molar-refractivity contribution in [1.82, 2.24) is 5.43 Å². The summed E-state index contributed by atoms with van der Waals surface area (Å²) in [5, 5.41) is 0.916. The van der Waals surface area contributed by atoms with Crippen LogP contribution >= 0.6 is 0 Å². The smallest absolute Gasteiger partial charge is 0.344 e. The van der Waals surface area contributed by atoms with E-state index in [0.29, 0.717) is 37.9 Å². The number of methoxy groups -OCH3 is 3. The van der Waals surface area contributed by atoms with E-state index in [4.69, 9.17) is 29.8 Å². The molecule has 1 saturated heterocycles. The van der Waals surface area contributed by atoms with Crippen molar-refractivity contribution in [3.8, 4) is 35.3 Å². The van der Waals surface area contributed by atoms with E-state index in [1.54, 1.807) is 5.01 Å². The number of anilines is 1. The molecule has 0 saturated carbocycles. The van der Waals surface area contributed by atoms with E-state index in [-0.39, 0.29) is 58.4 Å². The van der Waals surface area contributed by atoms with E-state index < -0.39 is 29.4 Å². The molecule has 0 aromatic heterocycles. The highest BCUT2D eigenvalue weighted by Gasteiger charge is 2.44. The number of sulfone groups is 1. The summed E-state index contributed by atoms with van der Waals surface area (Å²) < 4.78 is 56.6. The maximum Gasteiger partial charge on any atom is 0.344 e. The van der Waals surface area contributed by atoms with Gasteiger partial charge in [-0.3, -0.25) is 0 Å². The van der Waals surface area contributed by atoms with Crippen molar-refractivity contribution >= 4 is 29.8 Å². The zero-order chi connectivity index (χ0) is 32.6. The average molecular weight is 641 g/mol. The number of ether oxygens (including phenoxy) is 4. The Labute approximate surface area is 260 Å². The van der Waals surface area contributed by atoms with Gasteiger partial charge in [-0.15, -0.1) is 12.3 Å². The Morgan fingerprint density at radius 3 is 2.21 bits per heavy atom. The van der Waals surface area contributed by atoms with Crippen LogP contribution in [-0.2, 0) is 14.6 Å². The SMILES string of the molecule is C#CCCS(=O)(=O)C1CCCN(c2c(OC)c(OC)c(OC)c(O[Si](C)(C)C(C)(C)C)c2C(=O)OC(CC)CCC)NC1. The number of nitrogens with zero attached hydrogens (tertiary/aromatic N) is 1. The van der Waals surface area contributed by atoms with Crippen molar-refractivity contribution in [2.24, 2.45) is 0 Å². The number of hydrogen-bond donors (Lipinski definition) is 1. The molecule has 2 atom stereocenters. The molecule has 2 rings (SSSR count). The fourth-order valence-corrected chi connectivity index (χ4v) is 7.38. The number of benzene rings is 1. The standard InChI is InChI=1S/C31H52N2O8SSi/c1-12-15-20-42(35,36)23-18-16-19-33(32-21-23)25-24(30(34)40-22(14-3)17-13-2)26(41-43(10,11)31(4,5)6)28(38-8)29(39-9)27(25)37-7/h1,22-23,32H,13-21H2,2-11H3. The molecule has 0 radical (unpaired) electrons. The van der Waals surface area contributed by atoms with Gasteiger partial charge < -0.3 is 28.4 Å². The van der Waals surface area contributed by atoms with Gasteiger partial charge in [0, 0.05) is 19.5 Å². The monoisotopic (exact) mass is 640 g/mol. The first-order valence-electron chi connectivity index (χ1n) is 15.1.